The quantitative estimate of drug-likeness (QED) is 0.165. The van der Waals surface area contributed by atoms with Crippen LogP contribution >= 0.6 is 0 Å². The van der Waals surface area contributed by atoms with E-state index in [4.69, 9.17) is 11.5 Å². The Bertz CT molecular complexity index is 1080. The predicted molar refractivity (Wildman–Crippen MR) is 138 cm³/mol. The molecule has 0 aliphatic rings. The highest BCUT2D eigenvalue weighted by molar-refractivity contribution is 5.98. The van der Waals surface area contributed by atoms with Crippen LogP contribution in [-0.2, 0) is 16.2 Å². The van der Waals surface area contributed by atoms with Gasteiger partial charge < -0.3 is 27.2 Å². The number of nitrogens with zero attached hydrogens (tertiary/aromatic N) is 1. The van der Waals surface area contributed by atoms with E-state index in [1.807, 2.05) is 60.7 Å². The Morgan fingerprint density at radius 1 is 0.829 bits per heavy atom. The number of amides is 2. The zero-order valence-corrected chi connectivity index (χ0v) is 19.4. The second-order valence-corrected chi connectivity index (χ2v) is 8.11. The van der Waals surface area contributed by atoms with Crippen molar-refractivity contribution in [3.63, 3.8) is 0 Å². The van der Waals surface area contributed by atoms with Crippen molar-refractivity contribution in [3.05, 3.63) is 102 Å². The first-order valence-corrected chi connectivity index (χ1v) is 11.4. The third-order valence-corrected chi connectivity index (χ3v) is 5.51. The molecule has 0 bridgehead atoms. The van der Waals surface area contributed by atoms with Gasteiger partial charge in [0, 0.05) is 12.2 Å². The lowest BCUT2D eigenvalue weighted by atomic mass is 9.90. The number of hydrogen-bond donors (Lipinski definition) is 5. The van der Waals surface area contributed by atoms with E-state index in [0.717, 1.165) is 16.7 Å². The lowest BCUT2D eigenvalue weighted by molar-refractivity contribution is -0.127. The summed E-state index contributed by atoms with van der Waals surface area (Å²) in [6, 6.07) is 25.0. The van der Waals surface area contributed by atoms with Gasteiger partial charge in [0.05, 0.1) is 12.5 Å². The molecule has 8 heteroatoms. The molecular formula is C27H31N5O3. The Morgan fingerprint density at radius 2 is 1.40 bits per heavy atom. The molecule has 3 aromatic carbocycles. The first kappa shape index (κ1) is 25.5. The number of guanidine groups is 1. The highest BCUT2D eigenvalue weighted by Crippen LogP contribution is 2.25. The fraction of sp³-hybridized carbons (Fsp3) is 0.222. The molecule has 0 radical (unpaired) electrons. The summed E-state index contributed by atoms with van der Waals surface area (Å²) in [5.41, 5.74) is 13.8. The van der Waals surface area contributed by atoms with Crippen LogP contribution < -0.4 is 22.1 Å². The largest absolute Gasteiger partial charge is 0.392 e. The smallest absolute Gasteiger partial charge is 0.246 e. The summed E-state index contributed by atoms with van der Waals surface area (Å²) in [4.78, 5) is 30.7. The number of rotatable bonds is 11. The molecule has 182 valence electrons. The number of carbonyl (C=O) groups excluding carboxylic acids is 2. The van der Waals surface area contributed by atoms with Crippen LogP contribution in [0.15, 0.2) is 89.9 Å². The van der Waals surface area contributed by atoms with Gasteiger partial charge in [-0.15, -0.1) is 0 Å². The van der Waals surface area contributed by atoms with Gasteiger partial charge in [-0.1, -0.05) is 72.8 Å². The molecule has 3 aromatic rings. The molecule has 0 unspecified atom stereocenters. The predicted octanol–water partition coefficient (Wildman–Crippen LogP) is 2.49. The average molecular weight is 474 g/mol. The topological polar surface area (TPSA) is 143 Å². The highest BCUT2D eigenvalue weighted by Gasteiger charge is 2.27. The maximum Gasteiger partial charge on any atom is 0.246 e. The van der Waals surface area contributed by atoms with E-state index in [-0.39, 0.29) is 24.4 Å². The van der Waals surface area contributed by atoms with Crippen molar-refractivity contribution in [2.24, 2.45) is 16.5 Å². The lowest BCUT2D eigenvalue weighted by Crippen LogP contribution is -2.45. The molecule has 3 rings (SSSR count). The number of aliphatic hydroxyl groups excluding tert-OH is 1. The van der Waals surface area contributed by atoms with Gasteiger partial charge in [0.15, 0.2) is 5.96 Å². The molecule has 7 N–H and O–H groups in total. The molecular weight excluding hydrogens is 442 g/mol. The molecule has 35 heavy (non-hydrogen) atoms. The molecule has 0 aliphatic heterocycles. The van der Waals surface area contributed by atoms with Gasteiger partial charge in [-0.25, -0.2) is 0 Å². The molecule has 0 saturated heterocycles. The van der Waals surface area contributed by atoms with Crippen LogP contribution in [0.1, 0.15) is 35.4 Å². The van der Waals surface area contributed by atoms with Crippen LogP contribution in [0.5, 0.6) is 0 Å². The third kappa shape index (κ3) is 7.68. The molecule has 8 nitrogen and oxygen atoms in total. The minimum absolute atomic E-state index is 0.0211. The van der Waals surface area contributed by atoms with E-state index >= 15 is 0 Å². The highest BCUT2D eigenvalue weighted by atomic mass is 16.3. The monoisotopic (exact) mass is 473 g/mol. The summed E-state index contributed by atoms with van der Waals surface area (Å²) in [6.45, 7) is 0.256. The van der Waals surface area contributed by atoms with E-state index in [1.165, 1.54) is 0 Å². The first-order valence-electron chi connectivity index (χ1n) is 11.4. The van der Waals surface area contributed by atoms with E-state index < -0.39 is 12.0 Å². The van der Waals surface area contributed by atoms with Crippen molar-refractivity contribution >= 4 is 23.5 Å². The van der Waals surface area contributed by atoms with Crippen LogP contribution in [-0.4, -0.2) is 35.5 Å². The molecule has 0 fully saturated rings. The molecule has 0 saturated carbocycles. The van der Waals surface area contributed by atoms with E-state index in [0.29, 0.717) is 25.1 Å². The van der Waals surface area contributed by atoms with Crippen molar-refractivity contribution in [2.75, 3.05) is 11.9 Å². The molecule has 0 aliphatic carbocycles. The van der Waals surface area contributed by atoms with Crippen molar-refractivity contribution in [1.29, 1.82) is 0 Å². The number of nitrogens with two attached hydrogens (primary N) is 2. The van der Waals surface area contributed by atoms with Gasteiger partial charge in [0.2, 0.25) is 11.8 Å². The number of aliphatic imine (C=N–C) groups is 1. The summed E-state index contributed by atoms with van der Waals surface area (Å²) in [5, 5.41) is 15.0. The van der Waals surface area contributed by atoms with Gasteiger partial charge in [-0.3, -0.25) is 14.6 Å². The summed E-state index contributed by atoms with van der Waals surface area (Å²) >= 11 is 0. The van der Waals surface area contributed by atoms with Crippen LogP contribution in [0.4, 0.5) is 5.69 Å². The maximum absolute atomic E-state index is 13.5. The van der Waals surface area contributed by atoms with Crippen LogP contribution in [0.2, 0.25) is 0 Å². The normalized spacial score (nSPS) is 11.5. The lowest BCUT2D eigenvalue weighted by Gasteiger charge is -2.23. The van der Waals surface area contributed by atoms with Gasteiger partial charge in [0.25, 0.3) is 0 Å². The zero-order chi connectivity index (χ0) is 25.0. The Kier molecular flexibility index (Phi) is 9.39. The number of carbonyl (C=O) groups is 2. The Labute approximate surface area is 205 Å². The Balaban J connectivity index is 1.81. The van der Waals surface area contributed by atoms with E-state index in [9.17, 15) is 14.7 Å². The van der Waals surface area contributed by atoms with Crippen molar-refractivity contribution in [3.8, 4) is 0 Å². The van der Waals surface area contributed by atoms with Crippen LogP contribution in [0.3, 0.4) is 0 Å². The van der Waals surface area contributed by atoms with Gasteiger partial charge in [-0.05, 0) is 41.7 Å². The van der Waals surface area contributed by atoms with Gasteiger partial charge in [0.1, 0.15) is 6.04 Å². The van der Waals surface area contributed by atoms with Crippen molar-refractivity contribution < 1.29 is 14.7 Å². The van der Waals surface area contributed by atoms with Gasteiger partial charge in [-0.2, -0.15) is 0 Å². The Hall–Kier alpha value is -4.17. The molecule has 2 amide bonds. The number of aliphatic hydroxyl groups is 1. The summed E-state index contributed by atoms with van der Waals surface area (Å²) in [6.07, 6.45) is 0.848. The van der Waals surface area contributed by atoms with Crippen LogP contribution in [0.25, 0.3) is 0 Å². The third-order valence-electron chi connectivity index (χ3n) is 5.51. The minimum atomic E-state index is -0.802. The molecule has 1 atom stereocenters. The Morgan fingerprint density at radius 3 is 1.91 bits per heavy atom. The van der Waals surface area contributed by atoms with E-state index in [2.05, 4.69) is 15.6 Å². The zero-order valence-electron chi connectivity index (χ0n) is 19.4. The summed E-state index contributed by atoms with van der Waals surface area (Å²) in [7, 11) is 0. The SMILES string of the molecule is NC(N)=NCCC[C@@H](NC(=O)C(c1ccccc1)c1ccccc1)C(=O)Nc1ccc(CO)cc1. The number of anilines is 1. The standard InChI is InChI=1S/C27H31N5O3/c28-27(29)30-17-7-12-23(25(34)31-22-15-13-19(18-33)14-16-22)32-26(35)24(20-8-3-1-4-9-20)21-10-5-2-6-11-21/h1-6,8-11,13-16,23-24,33H,7,12,17-18H2,(H,31,34)(H,32,35)(H4,28,29,30)/t23-/m1/s1. The summed E-state index contributed by atoms with van der Waals surface area (Å²) in [5.74, 6) is -1.22. The number of nitrogens with one attached hydrogen (secondary N) is 2. The minimum Gasteiger partial charge on any atom is -0.392 e. The molecule has 0 aromatic heterocycles. The van der Waals surface area contributed by atoms with Crippen molar-refractivity contribution in [2.45, 2.75) is 31.4 Å². The number of benzene rings is 3. The first-order chi connectivity index (χ1) is 17.0. The van der Waals surface area contributed by atoms with Gasteiger partial charge >= 0.3 is 0 Å². The number of hydrogen-bond acceptors (Lipinski definition) is 4. The van der Waals surface area contributed by atoms with Crippen LogP contribution in [0, 0.1) is 0 Å². The molecule has 0 heterocycles. The second-order valence-electron chi connectivity index (χ2n) is 8.11. The fourth-order valence-corrected chi connectivity index (χ4v) is 3.74. The average Bonchev–Trinajstić information content (AvgIpc) is 2.87. The maximum atomic E-state index is 13.5. The summed E-state index contributed by atoms with van der Waals surface area (Å²) < 4.78 is 0. The fourth-order valence-electron chi connectivity index (χ4n) is 3.74. The second kappa shape index (κ2) is 12.9. The van der Waals surface area contributed by atoms with Crippen molar-refractivity contribution in [1.82, 2.24) is 5.32 Å². The molecule has 0 spiro atoms. The van der Waals surface area contributed by atoms with E-state index in [1.54, 1.807) is 24.3 Å².